The zero-order valence-electron chi connectivity index (χ0n) is 22.8. The number of hydrogen-bond acceptors (Lipinski definition) is 8. The first kappa shape index (κ1) is 29.7. The Morgan fingerprint density at radius 2 is 1.76 bits per heavy atom. The zero-order chi connectivity index (χ0) is 32.0. The molecule has 0 bridgehead atoms. The molecule has 0 spiro atoms. The summed E-state index contributed by atoms with van der Waals surface area (Å²) in [4.78, 5) is 24.1. The Balaban J connectivity index is 1.26. The molecule has 4 N–H and O–H groups in total. The summed E-state index contributed by atoms with van der Waals surface area (Å²) in [5, 5.41) is 4.02. The van der Waals surface area contributed by atoms with E-state index in [4.69, 9.17) is 22.1 Å². The number of anilines is 2. The quantitative estimate of drug-likeness (QED) is 0.135. The van der Waals surface area contributed by atoms with Crippen LogP contribution in [-0.2, 0) is 10.0 Å². The molecule has 11 nitrogen and oxygen atoms in total. The second-order valence-corrected chi connectivity index (χ2v) is 11.7. The van der Waals surface area contributed by atoms with Crippen molar-refractivity contribution >= 4 is 49.8 Å². The smallest absolute Gasteiger partial charge is 0.279 e. The molecule has 2 aromatic carbocycles. The van der Waals surface area contributed by atoms with Crippen molar-refractivity contribution in [3.8, 4) is 17.3 Å². The van der Waals surface area contributed by atoms with E-state index < -0.39 is 44.0 Å². The van der Waals surface area contributed by atoms with Crippen molar-refractivity contribution in [3.05, 3.63) is 112 Å². The molecule has 6 aromatic rings. The van der Waals surface area contributed by atoms with E-state index in [0.717, 1.165) is 18.2 Å². The number of nitrogen functional groups attached to an aromatic ring is 1. The van der Waals surface area contributed by atoms with E-state index in [1.165, 1.54) is 59.5 Å². The van der Waals surface area contributed by atoms with Gasteiger partial charge in [-0.3, -0.25) is 9.52 Å². The van der Waals surface area contributed by atoms with Gasteiger partial charge in [-0.15, -0.1) is 0 Å². The summed E-state index contributed by atoms with van der Waals surface area (Å²) in [6.45, 7) is 1.66. The molecule has 0 atom stereocenters. The van der Waals surface area contributed by atoms with Crippen LogP contribution in [0.25, 0.3) is 16.6 Å². The number of nitrogens with two attached hydrogens (primary N) is 1. The summed E-state index contributed by atoms with van der Waals surface area (Å²) >= 11 is 5.78. The highest BCUT2D eigenvalue weighted by Gasteiger charge is 2.23. The average Bonchev–Trinajstić information content (AvgIpc) is 3.58. The maximum Gasteiger partial charge on any atom is 0.279 e. The Kier molecular flexibility index (Phi) is 7.42. The molecular weight excluding hydrogens is 635 g/mol. The van der Waals surface area contributed by atoms with Crippen LogP contribution in [0, 0.1) is 24.4 Å². The van der Waals surface area contributed by atoms with Gasteiger partial charge in [-0.25, -0.2) is 27.8 Å². The standard InChI is InChI=1S/C29H19ClF3N7O4S/c1-14-8-25(44-28-17(31)4-2-5-18(28)32)35-13-23(14)40-29(34)16(12-36-40)27(41)22-10-15-9-19(33)21(11-20(15)37-22)39-45(42,43)26-7-3-6-24(30)38-26/h2-13,37,39H,34H2,1H3. The van der Waals surface area contributed by atoms with Crippen LogP contribution < -0.4 is 15.2 Å². The van der Waals surface area contributed by atoms with Crippen LogP contribution >= 0.6 is 11.6 Å². The van der Waals surface area contributed by atoms with Gasteiger partial charge in [0, 0.05) is 17.0 Å². The molecule has 0 saturated carbocycles. The van der Waals surface area contributed by atoms with E-state index in [1.54, 1.807) is 6.92 Å². The summed E-state index contributed by atoms with van der Waals surface area (Å²) in [6, 6.07) is 12.3. The van der Waals surface area contributed by atoms with Crippen molar-refractivity contribution in [1.82, 2.24) is 24.7 Å². The summed E-state index contributed by atoms with van der Waals surface area (Å²) in [7, 11) is -4.28. The van der Waals surface area contributed by atoms with Crippen molar-refractivity contribution < 1.29 is 31.1 Å². The molecule has 4 aromatic heterocycles. The SMILES string of the molecule is Cc1cc(Oc2c(F)cccc2F)ncc1-n1ncc(C(=O)c2cc3cc(F)c(NS(=O)(=O)c4cccc(Cl)n4)cc3[nH]2)c1N. The lowest BCUT2D eigenvalue weighted by Gasteiger charge is -2.11. The minimum Gasteiger partial charge on any atom is -0.433 e. The second-order valence-electron chi connectivity index (χ2n) is 9.65. The maximum absolute atomic E-state index is 14.9. The number of aromatic nitrogens is 5. The monoisotopic (exact) mass is 653 g/mol. The van der Waals surface area contributed by atoms with E-state index >= 15 is 0 Å². The lowest BCUT2D eigenvalue weighted by molar-refractivity contribution is 0.103. The third-order valence-electron chi connectivity index (χ3n) is 6.63. The van der Waals surface area contributed by atoms with Gasteiger partial charge in [-0.05, 0) is 55.0 Å². The number of aryl methyl sites for hydroxylation is 1. The number of ketones is 1. The van der Waals surface area contributed by atoms with Crippen LogP contribution in [0.15, 0.2) is 78.1 Å². The normalized spacial score (nSPS) is 11.6. The first-order valence-corrected chi connectivity index (χ1v) is 14.7. The molecule has 45 heavy (non-hydrogen) atoms. The Hall–Kier alpha value is -5.41. The van der Waals surface area contributed by atoms with Gasteiger partial charge in [-0.2, -0.15) is 13.5 Å². The number of nitrogens with zero attached hydrogens (tertiary/aromatic N) is 4. The first-order valence-electron chi connectivity index (χ1n) is 12.9. The van der Waals surface area contributed by atoms with Crippen LogP contribution in [0.1, 0.15) is 21.6 Å². The van der Waals surface area contributed by atoms with E-state index in [0.29, 0.717) is 11.3 Å². The first-order chi connectivity index (χ1) is 21.4. The molecule has 0 amide bonds. The predicted octanol–water partition coefficient (Wildman–Crippen LogP) is 5.93. The number of carbonyl (C=O) groups is 1. The molecule has 0 radical (unpaired) electrons. The summed E-state index contributed by atoms with van der Waals surface area (Å²) in [5.41, 5.74) is 7.04. The van der Waals surface area contributed by atoms with Crippen molar-refractivity contribution in [1.29, 1.82) is 0 Å². The lowest BCUT2D eigenvalue weighted by atomic mass is 10.1. The molecule has 0 saturated heterocycles. The highest BCUT2D eigenvalue weighted by Crippen LogP contribution is 2.30. The van der Waals surface area contributed by atoms with Gasteiger partial charge in [-0.1, -0.05) is 23.7 Å². The molecule has 0 fully saturated rings. The summed E-state index contributed by atoms with van der Waals surface area (Å²) in [6.07, 6.45) is 2.55. The van der Waals surface area contributed by atoms with E-state index in [-0.39, 0.29) is 44.7 Å². The molecule has 0 aliphatic carbocycles. The number of ether oxygens (including phenoxy) is 1. The molecule has 0 unspecified atom stereocenters. The number of fused-ring (bicyclic) bond motifs is 1. The number of rotatable bonds is 8. The summed E-state index contributed by atoms with van der Waals surface area (Å²) < 4.78 is 77.0. The lowest BCUT2D eigenvalue weighted by Crippen LogP contribution is -2.15. The van der Waals surface area contributed by atoms with Crippen LogP contribution in [0.2, 0.25) is 5.15 Å². The molecule has 0 aliphatic rings. The van der Waals surface area contributed by atoms with E-state index in [1.807, 2.05) is 0 Å². The second kappa shape index (κ2) is 11.3. The molecule has 228 valence electrons. The van der Waals surface area contributed by atoms with Crippen LogP contribution in [-0.4, -0.2) is 38.9 Å². The topological polar surface area (TPSA) is 158 Å². The van der Waals surface area contributed by atoms with Crippen LogP contribution in [0.3, 0.4) is 0 Å². The fourth-order valence-electron chi connectivity index (χ4n) is 4.44. The number of halogens is 4. The van der Waals surface area contributed by atoms with E-state index in [9.17, 15) is 26.4 Å². The number of H-pyrrole nitrogens is 1. The van der Waals surface area contributed by atoms with Gasteiger partial charge in [0.15, 0.2) is 16.7 Å². The molecule has 0 aliphatic heterocycles. The Labute approximate surface area is 257 Å². The Bertz CT molecular complexity index is 2240. The fraction of sp³-hybridized carbons (Fsp3) is 0.0345. The molecule has 4 heterocycles. The van der Waals surface area contributed by atoms with Crippen LogP contribution in [0.5, 0.6) is 11.6 Å². The number of para-hydroxylation sites is 1. The number of aromatic amines is 1. The van der Waals surface area contributed by atoms with E-state index in [2.05, 4.69) is 24.8 Å². The van der Waals surface area contributed by atoms with Crippen LogP contribution in [0.4, 0.5) is 24.7 Å². The van der Waals surface area contributed by atoms with Crippen molar-refractivity contribution in [2.24, 2.45) is 0 Å². The fourth-order valence-corrected chi connectivity index (χ4v) is 5.69. The Morgan fingerprint density at radius 1 is 1.02 bits per heavy atom. The van der Waals surface area contributed by atoms with Crippen molar-refractivity contribution in [2.45, 2.75) is 11.9 Å². The maximum atomic E-state index is 14.9. The van der Waals surface area contributed by atoms with Crippen molar-refractivity contribution in [2.75, 3.05) is 10.5 Å². The highest BCUT2D eigenvalue weighted by atomic mass is 35.5. The number of benzene rings is 2. The number of pyridine rings is 2. The van der Waals surface area contributed by atoms with Gasteiger partial charge in [0.25, 0.3) is 10.0 Å². The van der Waals surface area contributed by atoms with Crippen molar-refractivity contribution in [3.63, 3.8) is 0 Å². The number of nitrogens with one attached hydrogen (secondary N) is 2. The minimum absolute atomic E-state index is 0.00291. The number of carbonyl (C=O) groups excluding carboxylic acids is 1. The average molecular weight is 654 g/mol. The molecule has 6 rings (SSSR count). The molecule has 16 heteroatoms. The van der Waals surface area contributed by atoms with Gasteiger partial charge >= 0.3 is 0 Å². The summed E-state index contributed by atoms with van der Waals surface area (Å²) in [5.74, 6) is -4.02. The third-order valence-corrected chi connectivity index (χ3v) is 8.10. The third kappa shape index (κ3) is 5.65. The zero-order valence-corrected chi connectivity index (χ0v) is 24.4. The van der Waals surface area contributed by atoms with Gasteiger partial charge in [0.2, 0.25) is 17.4 Å². The number of hydrogen-bond donors (Lipinski definition) is 3. The Morgan fingerprint density at radius 3 is 2.47 bits per heavy atom. The molecular formula is C29H19ClF3N7O4S. The minimum atomic E-state index is -4.28. The van der Waals surface area contributed by atoms with Gasteiger partial charge in [0.1, 0.15) is 16.8 Å². The highest BCUT2D eigenvalue weighted by molar-refractivity contribution is 7.92. The number of sulfonamides is 1. The van der Waals surface area contributed by atoms with Gasteiger partial charge in [0.05, 0.1) is 35.0 Å². The van der Waals surface area contributed by atoms with Gasteiger partial charge < -0.3 is 15.5 Å². The largest absolute Gasteiger partial charge is 0.433 e. The predicted molar refractivity (Wildman–Crippen MR) is 159 cm³/mol.